The molecule has 6 rings (SSSR count). The van der Waals surface area contributed by atoms with Gasteiger partial charge in [0, 0.05) is 11.1 Å². The van der Waals surface area contributed by atoms with Crippen molar-refractivity contribution in [2.75, 3.05) is 0 Å². The predicted molar refractivity (Wildman–Crippen MR) is 190 cm³/mol. The van der Waals surface area contributed by atoms with Gasteiger partial charge in [-0.25, -0.2) is 11.1 Å². The Morgan fingerprint density at radius 3 is 1.30 bits per heavy atom. The topological polar surface area (TPSA) is 233 Å². The van der Waals surface area contributed by atoms with Gasteiger partial charge in [-0.2, -0.15) is 27.1 Å². The second kappa shape index (κ2) is 12.6. The molecule has 2 aliphatic rings. The number of hydrogen-bond acceptors (Lipinski definition) is 10. The molecule has 14 heteroatoms. The van der Waals surface area contributed by atoms with E-state index in [1.807, 2.05) is 26.0 Å². The van der Waals surface area contributed by atoms with Crippen LogP contribution in [0, 0.1) is 11.1 Å². The van der Waals surface area contributed by atoms with E-state index in [1.54, 1.807) is 72.8 Å². The van der Waals surface area contributed by atoms with Crippen LogP contribution in [0.5, 0.6) is 0 Å². The normalized spacial score (nSPS) is 23.2. The molecular weight excluding hydrogens is 677 g/mol. The maximum Gasteiger partial charge on any atom is 0.274 e. The van der Waals surface area contributed by atoms with Gasteiger partial charge >= 0.3 is 0 Å². The minimum absolute atomic E-state index is 0.0847. The van der Waals surface area contributed by atoms with E-state index in [0.29, 0.717) is 46.2 Å². The molecule has 4 atom stereocenters. The fraction of sp³-hybridized carbons (Fsp3) is 0.222. The molecule has 4 unspecified atom stereocenters. The van der Waals surface area contributed by atoms with Crippen LogP contribution in [0.2, 0.25) is 0 Å². The highest BCUT2D eigenvalue weighted by Gasteiger charge is 2.51. The van der Waals surface area contributed by atoms with Gasteiger partial charge in [0.1, 0.15) is 10.5 Å². The summed E-state index contributed by atoms with van der Waals surface area (Å²) in [6, 6.07) is 24.5. The van der Waals surface area contributed by atoms with E-state index in [4.69, 9.17) is 22.5 Å². The monoisotopic (exact) mass is 712 g/mol. The summed E-state index contributed by atoms with van der Waals surface area (Å²) in [7, 11) is -9.53. The first-order chi connectivity index (χ1) is 23.6. The highest BCUT2D eigenvalue weighted by Crippen LogP contribution is 2.47. The molecule has 0 radical (unpaired) electrons. The van der Waals surface area contributed by atoms with Crippen LogP contribution in [0.4, 0.5) is 0 Å². The highest BCUT2D eigenvalue weighted by atomic mass is 32.2. The Kier molecular flexibility index (Phi) is 8.83. The van der Waals surface area contributed by atoms with Crippen LogP contribution in [0.15, 0.2) is 107 Å². The van der Waals surface area contributed by atoms with Crippen LogP contribution < -0.4 is 11.5 Å². The number of nitrogens with zero attached hydrogens (tertiary/aromatic N) is 2. The Balaban J connectivity index is 1.51. The summed E-state index contributed by atoms with van der Waals surface area (Å²) in [5.74, 6) is 0. The van der Waals surface area contributed by atoms with Crippen molar-refractivity contribution >= 4 is 31.6 Å². The second-order valence-electron chi connectivity index (χ2n) is 12.5. The molecule has 0 heterocycles. The minimum atomic E-state index is -4.76. The Morgan fingerprint density at radius 2 is 0.980 bits per heavy atom. The zero-order valence-corrected chi connectivity index (χ0v) is 28.8. The molecule has 0 saturated carbocycles. The zero-order chi connectivity index (χ0) is 36.2. The van der Waals surface area contributed by atoms with Gasteiger partial charge in [0.05, 0.1) is 22.5 Å². The van der Waals surface area contributed by atoms with Crippen molar-refractivity contribution in [2.45, 2.75) is 48.3 Å². The first-order valence-electron chi connectivity index (χ1n) is 15.8. The maximum atomic E-state index is 12.8. The lowest BCUT2D eigenvalue weighted by Crippen LogP contribution is -2.54. The predicted octanol–water partition coefficient (Wildman–Crippen LogP) is 6.17. The van der Waals surface area contributed by atoms with Gasteiger partial charge in [0.15, 0.2) is 0 Å². The number of aryl methyl sites for hydroxylation is 2. The molecule has 0 fully saturated rings. The average Bonchev–Trinajstić information content (AvgIpc) is 3.10. The Bertz CT molecular complexity index is 2190. The molecule has 8 N–H and O–H groups in total. The molecule has 4 aromatic carbocycles. The van der Waals surface area contributed by atoms with Crippen LogP contribution in [0.1, 0.15) is 58.4 Å². The van der Waals surface area contributed by atoms with Crippen molar-refractivity contribution in [1.29, 1.82) is 11.1 Å². The first kappa shape index (κ1) is 35.1. The molecule has 2 aliphatic carbocycles. The fourth-order valence-corrected chi connectivity index (χ4v) is 9.59. The van der Waals surface area contributed by atoms with Crippen LogP contribution in [-0.4, -0.2) is 36.4 Å². The van der Waals surface area contributed by atoms with Gasteiger partial charge in [0.2, 0.25) is 0 Å². The van der Waals surface area contributed by atoms with Crippen LogP contribution in [0.25, 0.3) is 22.5 Å². The van der Waals surface area contributed by atoms with Crippen molar-refractivity contribution in [3.8, 4) is 11.1 Å². The second-order valence-corrected chi connectivity index (χ2v) is 15.6. The molecule has 0 saturated heterocycles. The molecular formula is C36H36N6O6S2. The zero-order valence-electron chi connectivity index (χ0n) is 27.2. The van der Waals surface area contributed by atoms with Crippen molar-refractivity contribution in [1.82, 2.24) is 0 Å². The molecule has 0 amide bonds. The van der Waals surface area contributed by atoms with Crippen LogP contribution in [0.3, 0.4) is 0 Å². The smallest absolute Gasteiger partial charge is 0.274 e. The molecule has 0 aliphatic heterocycles. The molecule has 0 bridgehead atoms. The number of hydrogen-bond donors (Lipinski definition) is 6. The van der Waals surface area contributed by atoms with Crippen molar-refractivity contribution in [3.63, 3.8) is 0 Å². The molecule has 50 heavy (non-hydrogen) atoms. The van der Waals surface area contributed by atoms with Gasteiger partial charge in [-0.3, -0.25) is 9.11 Å². The van der Waals surface area contributed by atoms with Gasteiger partial charge in [0.25, 0.3) is 20.2 Å². The number of nitrogens with one attached hydrogen (secondary N) is 2. The summed E-state index contributed by atoms with van der Waals surface area (Å²) in [5, 5.41) is 3.79. The van der Waals surface area contributed by atoms with Crippen molar-refractivity contribution in [2.24, 2.45) is 21.7 Å². The van der Waals surface area contributed by atoms with Crippen molar-refractivity contribution < 1.29 is 25.9 Å². The summed E-state index contributed by atoms with van der Waals surface area (Å²) in [5.41, 5.74) is 31.9. The highest BCUT2D eigenvalue weighted by molar-refractivity contribution is 7.87. The van der Waals surface area contributed by atoms with E-state index in [-0.39, 0.29) is 11.4 Å². The van der Waals surface area contributed by atoms with E-state index < -0.39 is 41.8 Å². The Morgan fingerprint density at radius 1 is 0.620 bits per heavy atom. The number of rotatable bonds is 9. The maximum absolute atomic E-state index is 12.8. The van der Waals surface area contributed by atoms with E-state index in [0.717, 1.165) is 22.3 Å². The lowest BCUT2D eigenvalue weighted by Gasteiger charge is -2.41. The van der Waals surface area contributed by atoms with Crippen LogP contribution in [-0.2, 0) is 44.2 Å². The number of fused-ring (bicyclic) bond motifs is 2. The lowest BCUT2D eigenvalue weighted by molar-refractivity contribution is 0.434. The molecule has 258 valence electrons. The summed E-state index contributed by atoms with van der Waals surface area (Å²) in [4.78, 5) is 0. The average molecular weight is 713 g/mol. The fourth-order valence-electron chi connectivity index (χ4n) is 7.54. The Hall–Kier alpha value is -4.70. The third kappa shape index (κ3) is 5.44. The Labute approximate surface area is 290 Å². The SMILES string of the molecule is CCc1cc(-c2ccc(C3(N)c4ccccc4C(N=N)=CC3S(=O)(=O)O)c(CC)c2)ccc1C1(N)c2ccccc2C(N=N)=CC1S(=O)(=O)O. The van der Waals surface area contributed by atoms with Crippen molar-refractivity contribution in [3.05, 3.63) is 142 Å². The van der Waals surface area contributed by atoms with Gasteiger partial charge in [-0.05, 0) is 69.5 Å². The summed E-state index contributed by atoms with van der Waals surface area (Å²) in [6.45, 7) is 3.81. The molecule has 12 nitrogen and oxygen atoms in total. The van der Waals surface area contributed by atoms with Gasteiger partial charge in [-0.15, -0.1) is 0 Å². The first-order valence-corrected chi connectivity index (χ1v) is 18.8. The quantitative estimate of drug-likeness (QED) is 0.0866. The minimum Gasteiger partial charge on any atom is -0.316 e. The van der Waals surface area contributed by atoms with Gasteiger partial charge in [-0.1, -0.05) is 98.8 Å². The van der Waals surface area contributed by atoms with E-state index >= 15 is 0 Å². The van der Waals surface area contributed by atoms with E-state index in [1.165, 1.54) is 12.2 Å². The molecule has 0 aromatic heterocycles. The van der Waals surface area contributed by atoms with E-state index in [2.05, 4.69) is 10.2 Å². The number of nitrogens with two attached hydrogens (primary N) is 2. The van der Waals surface area contributed by atoms with E-state index in [9.17, 15) is 25.9 Å². The third-order valence-corrected chi connectivity index (χ3v) is 12.2. The largest absolute Gasteiger partial charge is 0.316 e. The molecule has 0 spiro atoms. The molecule has 4 aromatic rings. The van der Waals surface area contributed by atoms with Gasteiger partial charge < -0.3 is 11.5 Å². The summed E-state index contributed by atoms with van der Waals surface area (Å²) in [6.07, 6.45) is 3.34. The summed E-state index contributed by atoms with van der Waals surface area (Å²) < 4.78 is 72.2. The summed E-state index contributed by atoms with van der Waals surface area (Å²) >= 11 is 0. The third-order valence-electron chi connectivity index (χ3n) is 9.89. The lowest BCUT2D eigenvalue weighted by atomic mass is 9.72. The van der Waals surface area contributed by atoms with Crippen LogP contribution >= 0.6 is 0 Å². The standard InChI is InChI=1S/C36H36N6O6S2/c1-3-21-17-23(13-15-27(21)35(37)29-11-7-5-9-25(29)31(41-39)19-33(35)49(43,44)45)24-14-16-28(22(4-2)18-24)36(38)30-12-8-6-10-26(30)32(42-40)20-34(36)50(46,47)48/h5-20,33-34,39-40H,3-4,37-38H2,1-2H3,(H,43,44,45)(H,46,47,48). The number of benzene rings is 4.